The van der Waals surface area contributed by atoms with Crippen molar-refractivity contribution in [3.63, 3.8) is 0 Å². The molecule has 0 unspecified atom stereocenters. The third-order valence-corrected chi connectivity index (χ3v) is 3.57. The number of carbonyl (C=O) groups excluding carboxylic acids is 1. The largest absolute Gasteiger partial charge is 0.423 e. The quantitative estimate of drug-likeness (QED) is 0.219. The fraction of sp³-hybridized carbons (Fsp3) is 0.0588. The number of esters is 1. The normalized spacial score (nSPS) is 11.7. The van der Waals surface area contributed by atoms with E-state index in [1.807, 2.05) is 0 Å². The Morgan fingerprint density at radius 3 is 2.46 bits per heavy atom. The standard InChI is InChI=1S/C17H9Cl4NO2/c18-14-5-2-4-12(9-14)13(10-22)7-11-3-1-6-15(8-11)24-16(23)17(19,20)21/h1-9H/b13-7-. The van der Waals surface area contributed by atoms with Crippen LogP contribution in [0.5, 0.6) is 5.75 Å². The van der Waals surface area contributed by atoms with Gasteiger partial charge in [-0.3, -0.25) is 0 Å². The van der Waals surface area contributed by atoms with Crippen LogP contribution in [0, 0.1) is 11.3 Å². The number of nitriles is 1. The molecule has 2 rings (SSSR count). The topological polar surface area (TPSA) is 50.1 Å². The number of nitrogens with zero attached hydrogens (tertiary/aromatic N) is 1. The lowest BCUT2D eigenvalue weighted by molar-refractivity contribution is -0.133. The number of benzene rings is 2. The summed E-state index contributed by atoms with van der Waals surface area (Å²) in [5, 5.41) is 9.88. The minimum absolute atomic E-state index is 0.198. The molecule has 0 N–H and O–H groups in total. The number of carbonyl (C=O) groups is 1. The number of ether oxygens (including phenoxy) is 1. The van der Waals surface area contributed by atoms with Gasteiger partial charge in [0.25, 0.3) is 3.79 Å². The molecule has 0 saturated heterocycles. The molecule has 0 amide bonds. The lowest BCUT2D eigenvalue weighted by atomic mass is 10.0. The molecule has 0 aliphatic carbocycles. The van der Waals surface area contributed by atoms with Crippen LogP contribution < -0.4 is 4.74 Å². The molecular formula is C17H9Cl4NO2. The van der Waals surface area contributed by atoms with Crippen molar-refractivity contribution in [2.75, 3.05) is 0 Å². The van der Waals surface area contributed by atoms with Gasteiger partial charge in [-0.25, -0.2) is 4.79 Å². The highest BCUT2D eigenvalue weighted by Crippen LogP contribution is 2.29. The second kappa shape index (κ2) is 7.92. The first-order chi connectivity index (χ1) is 11.3. The van der Waals surface area contributed by atoms with Crippen LogP contribution in [0.1, 0.15) is 11.1 Å². The lowest BCUT2D eigenvalue weighted by Crippen LogP contribution is -2.24. The summed E-state index contributed by atoms with van der Waals surface area (Å²) in [6.45, 7) is 0. The molecule has 0 aliphatic heterocycles. The molecule has 122 valence electrons. The summed E-state index contributed by atoms with van der Waals surface area (Å²) in [5.41, 5.74) is 1.72. The summed E-state index contributed by atoms with van der Waals surface area (Å²) in [4.78, 5) is 11.6. The predicted octanol–water partition coefficient (Wildman–Crippen LogP) is 5.68. The lowest BCUT2D eigenvalue weighted by Gasteiger charge is -2.10. The first kappa shape index (κ1) is 18.6. The van der Waals surface area contributed by atoms with Crippen molar-refractivity contribution in [2.45, 2.75) is 3.79 Å². The van der Waals surface area contributed by atoms with E-state index in [9.17, 15) is 10.1 Å². The van der Waals surface area contributed by atoms with Crippen molar-refractivity contribution in [3.8, 4) is 11.8 Å². The van der Waals surface area contributed by atoms with E-state index in [-0.39, 0.29) is 5.75 Å². The van der Waals surface area contributed by atoms with Gasteiger partial charge in [-0.1, -0.05) is 70.7 Å². The van der Waals surface area contributed by atoms with Gasteiger partial charge in [0.2, 0.25) is 0 Å². The Morgan fingerprint density at radius 2 is 1.83 bits per heavy atom. The molecule has 0 spiro atoms. The van der Waals surface area contributed by atoms with Crippen molar-refractivity contribution in [3.05, 3.63) is 64.7 Å². The maximum Gasteiger partial charge on any atom is 0.363 e. The highest BCUT2D eigenvalue weighted by Gasteiger charge is 2.33. The molecule has 0 atom stereocenters. The van der Waals surface area contributed by atoms with Crippen molar-refractivity contribution in [2.24, 2.45) is 0 Å². The van der Waals surface area contributed by atoms with Crippen molar-refractivity contribution >= 4 is 64.0 Å². The number of rotatable bonds is 3. The summed E-state index contributed by atoms with van der Waals surface area (Å²) >= 11 is 22.3. The Hall–Kier alpha value is -1.70. The highest BCUT2D eigenvalue weighted by molar-refractivity contribution is 6.75. The molecule has 0 heterocycles. The van der Waals surface area contributed by atoms with Gasteiger partial charge in [-0.05, 0) is 41.5 Å². The molecule has 0 aromatic heterocycles. The van der Waals surface area contributed by atoms with E-state index in [1.54, 1.807) is 48.5 Å². The summed E-state index contributed by atoms with van der Waals surface area (Å²) in [5.74, 6) is -0.813. The Labute approximate surface area is 159 Å². The highest BCUT2D eigenvalue weighted by atomic mass is 35.6. The van der Waals surface area contributed by atoms with E-state index in [4.69, 9.17) is 51.1 Å². The summed E-state index contributed by atoms with van der Waals surface area (Å²) < 4.78 is 2.83. The smallest absolute Gasteiger partial charge is 0.363 e. The first-order valence-corrected chi connectivity index (χ1v) is 8.07. The number of alkyl halides is 3. The van der Waals surface area contributed by atoms with Crippen molar-refractivity contribution in [1.29, 1.82) is 5.26 Å². The molecular weight excluding hydrogens is 392 g/mol. The van der Waals surface area contributed by atoms with Gasteiger partial charge in [-0.15, -0.1) is 0 Å². The maximum absolute atomic E-state index is 11.6. The molecule has 0 aliphatic rings. The molecule has 7 heteroatoms. The first-order valence-electron chi connectivity index (χ1n) is 6.56. The number of hydrogen-bond donors (Lipinski definition) is 0. The maximum atomic E-state index is 11.6. The number of allylic oxidation sites excluding steroid dienone is 1. The van der Waals surface area contributed by atoms with Gasteiger partial charge in [0.1, 0.15) is 5.75 Å². The minimum Gasteiger partial charge on any atom is -0.423 e. The van der Waals surface area contributed by atoms with Crippen molar-refractivity contribution < 1.29 is 9.53 Å². The summed E-state index contributed by atoms with van der Waals surface area (Å²) in [6, 6.07) is 15.5. The van der Waals surface area contributed by atoms with E-state index in [0.717, 1.165) is 0 Å². The minimum atomic E-state index is -2.16. The van der Waals surface area contributed by atoms with Crippen LogP contribution in [0.15, 0.2) is 48.5 Å². The molecule has 2 aromatic carbocycles. The van der Waals surface area contributed by atoms with Gasteiger partial charge in [0.05, 0.1) is 11.6 Å². The average Bonchev–Trinajstić information content (AvgIpc) is 2.52. The summed E-state index contributed by atoms with van der Waals surface area (Å²) in [7, 11) is 0. The number of halogens is 4. The second-order valence-corrected chi connectivity index (χ2v) is 7.36. The Morgan fingerprint density at radius 1 is 1.12 bits per heavy atom. The monoisotopic (exact) mass is 399 g/mol. The third-order valence-electron chi connectivity index (χ3n) is 2.87. The van der Waals surface area contributed by atoms with Gasteiger partial charge >= 0.3 is 5.97 Å². The fourth-order valence-corrected chi connectivity index (χ4v) is 2.14. The zero-order chi connectivity index (χ0) is 17.7. The molecule has 2 aromatic rings. The van der Waals surface area contributed by atoms with E-state index < -0.39 is 9.76 Å². The molecule has 0 fully saturated rings. The van der Waals surface area contributed by atoms with Gasteiger partial charge in [-0.2, -0.15) is 5.26 Å². The summed E-state index contributed by atoms with van der Waals surface area (Å²) in [6.07, 6.45) is 1.64. The van der Waals surface area contributed by atoms with Gasteiger partial charge < -0.3 is 4.74 Å². The van der Waals surface area contributed by atoms with Crippen LogP contribution in [0.3, 0.4) is 0 Å². The fourth-order valence-electron chi connectivity index (χ4n) is 1.84. The van der Waals surface area contributed by atoms with Gasteiger partial charge in [0, 0.05) is 5.02 Å². The zero-order valence-electron chi connectivity index (χ0n) is 12.0. The SMILES string of the molecule is N#C/C(=C/c1cccc(OC(=O)C(Cl)(Cl)Cl)c1)c1cccc(Cl)c1. The van der Waals surface area contributed by atoms with Crippen molar-refractivity contribution in [1.82, 2.24) is 0 Å². The molecule has 0 bridgehead atoms. The van der Waals surface area contributed by atoms with Crippen LogP contribution in [-0.4, -0.2) is 9.76 Å². The predicted molar refractivity (Wildman–Crippen MR) is 97.3 cm³/mol. The number of hydrogen-bond acceptors (Lipinski definition) is 3. The van der Waals surface area contributed by atoms with Crippen LogP contribution in [0.25, 0.3) is 11.6 Å². The third kappa shape index (κ3) is 5.15. The zero-order valence-corrected chi connectivity index (χ0v) is 15.0. The Balaban J connectivity index is 2.31. The van der Waals surface area contributed by atoms with Crippen LogP contribution in [-0.2, 0) is 4.79 Å². The second-order valence-electron chi connectivity index (χ2n) is 4.64. The van der Waals surface area contributed by atoms with Gasteiger partial charge in [0.15, 0.2) is 0 Å². The molecule has 0 radical (unpaired) electrons. The van der Waals surface area contributed by atoms with E-state index >= 15 is 0 Å². The molecule has 3 nitrogen and oxygen atoms in total. The van der Waals surface area contributed by atoms with Crippen LogP contribution >= 0.6 is 46.4 Å². The Bertz CT molecular complexity index is 835. The van der Waals surface area contributed by atoms with Crippen LogP contribution in [0.4, 0.5) is 0 Å². The Kier molecular flexibility index (Phi) is 6.15. The van der Waals surface area contributed by atoms with E-state index in [1.165, 1.54) is 6.07 Å². The van der Waals surface area contributed by atoms with E-state index in [0.29, 0.717) is 21.7 Å². The molecule has 0 saturated carbocycles. The molecule has 24 heavy (non-hydrogen) atoms. The van der Waals surface area contributed by atoms with Crippen LogP contribution in [0.2, 0.25) is 5.02 Å². The average molecular weight is 401 g/mol. The van der Waals surface area contributed by atoms with E-state index in [2.05, 4.69) is 6.07 Å².